The molecule has 4 aromatic heterocycles. The smallest absolute Gasteiger partial charge is 0.450 e. The summed E-state index contributed by atoms with van der Waals surface area (Å²) in [5, 5.41) is 15.7. The van der Waals surface area contributed by atoms with Crippen LogP contribution in [0.5, 0.6) is 0 Å². The van der Waals surface area contributed by atoms with Gasteiger partial charge in [-0.15, -0.1) is 0 Å². The Balaban J connectivity index is 0.00000462. The van der Waals surface area contributed by atoms with Gasteiger partial charge in [0.15, 0.2) is 32.1 Å². The molecule has 9 aromatic rings. The Morgan fingerprint density at radius 2 is 0.863 bits per heavy atom. The second-order valence-corrected chi connectivity index (χ2v) is 22.9. The molecule has 410 valence electrons. The van der Waals surface area contributed by atoms with Gasteiger partial charge in [-0.1, -0.05) is 47.5 Å². The van der Waals surface area contributed by atoms with E-state index in [-0.39, 0.29) is 139 Å². The summed E-state index contributed by atoms with van der Waals surface area (Å²) in [7, 11) is -19.7. The molecule has 0 saturated carbocycles. The maximum Gasteiger partial charge on any atom is 1.00 e. The Morgan fingerprint density at radius 1 is 0.512 bits per heavy atom. The Kier molecular flexibility index (Phi) is 18.2. The van der Waals surface area contributed by atoms with Crippen molar-refractivity contribution in [2.24, 2.45) is 0 Å². The minimum Gasteiger partial charge on any atom is -0.450 e. The molecule has 2 atom stereocenters. The Morgan fingerprint density at radius 3 is 1.21 bits per heavy atom. The Hall–Kier alpha value is -6.20. The summed E-state index contributed by atoms with van der Waals surface area (Å²) in [6.45, 7) is 2.81. The number of aromatic nitrogens is 8. The number of hydrogen-bond donors (Lipinski definition) is 12. The van der Waals surface area contributed by atoms with Gasteiger partial charge in [0, 0.05) is 25.2 Å². The second-order valence-electron chi connectivity index (χ2n) is 16.6. The van der Waals surface area contributed by atoms with Crippen LogP contribution in [0.2, 0.25) is 10.0 Å². The minimum absolute atomic E-state index is 0. The van der Waals surface area contributed by atoms with Crippen molar-refractivity contribution < 1.29 is 118 Å². The second kappa shape index (κ2) is 23.7. The van der Waals surface area contributed by atoms with Gasteiger partial charge in [0.05, 0.1) is 33.8 Å². The van der Waals surface area contributed by atoms with Crippen LogP contribution in [0.3, 0.4) is 0 Å². The summed E-state index contributed by atoms with van der Waals surface area (Å²) in [5.74, 6) is -1.57. The number of fused-ring (bicyclic) bond motifs is 4. The minimum atomic E-state index is -5.14. The zero-order valence-corrected chi connectivity index (χ0v) is 48.0. The van der Waals surface area contributed by atoms with Crippen molar-refractivity contribution in [3.63, 3.8) is 0 Å². The number of nitrogens with zero attached hydrogens (tertiary/aromatic N) is 6. The molecule has 28 nitrogen and oxygen atoms in total. The van der Waals surface area contributed by atoms with Crippen molar-refractivity contribution in [1.82, 2.24) is 39.9 Å². The monoisotopic (exact) mass is 1230 g/mol. The zero-order chi connectivity index (χ0) is 56.2. The summed E-state index contributed by atoms with van der Waals surface area (Å²) in [4.78, 5) is 25.4. The van der Waals surface area contributed by atoms with Crippen LogP contribution >= 0.6 is 23.2 Å². The van der Waals surface area contributed by atoms with E-state index in [9.17, 15) is 60.7 Å². The number of halogens is 4. The third kappa shape index (κ3) is 13.4. The average molecular weight is 1230 g/mol. The quantitative estimate of drug-likeness (QED) is 0.0329. The van der Waals surface area contributed by atoms with E-state index in [1.807, 2.05) is 0 Å². The third-order valence-corrected chi connectivity index (χ3v) is 15.3. The van der Waals surface area contributed by atoms with Crippen molar-refractivity contribution in [3.8, 4) is 0 Å². The largest absolute Gasteiger partial charge is 1.00 e. The van der Waals surface area contributed by atoms with Gasteiger partial charge in [0.2, 0.25) is 23.8 Å². The van der Waals surface area contributed by atoms with E-state index in [0.717, 1.165) is 12.1 Å². The molecule has 12 N–H and O–H groups in total. The van der Waals surface area contributed by atoms with E-state index in [1.54, 1.807) is 13.8 Å². The molecule has 0 fully saturated rings. The molecule has 80 heavy (non-hydrogen) atoms. The number of aromatic amines is 2. The van der Waals surface area contributed by atoms with E-state index in [4.69, 9.17) is 32.0 Å². The van der Waals surface area contributed by atoms with E-state index in [0.29, 0.717) is 0 Å². The third-order valence-electron chi connectivity index (χ3n) is 10.9. The molecule has 5 aromatic carbocycles. The van der Waals surface area contributed by atoms with Gasteiger partial charge in [-0.3, -0.25) is 18.2 Å². The van der Waals surface area contributed by atoms with Crippen LogP contribution in [0, 0.1) is 12.2 Å². The first-order chi connectivity index (χ1) is 36.6. The van der Waals surface area contributed by atoms with Gasteiger partial charge >= 0.3 is 60.6 Å². The molecular weight excluding hydrogens is 1190 g/mol. The van der Waals surface area contributed by atoms with E-state index >= 15 is 0 Å². The molecule has 0 aliphatic carbocycles. The number of H-pyrrole nitrogens is 2. The fraction of sp³-hybridized carbons (Fsp3) is 0.143. The Labute approximate surface area is 493 Å². The first-order valence-electron chi connectivity index (χ1n) is 21.9. The molecule has 0 aliphatic heterocycles. The van der Waals surface area contributed by atoms with Gasteiger partial charge in [0.1, 0.15) is 30.9 Å². The predicted molar refractivity (Wildman–Crippen MR) is 279 cm³/mol. The number of hydrogen-bond acceptors (Lipinski definition) is 22. The fourth-order valence-electron chi connectivity index (χ4n) is 7.69. The first-order valence-corrected chi connectivity index (χ1v) is 28.4. The van der Waals surface area contributed by atoms with Crippen LogP contribution in [0.25, 0.3) is 44.4 Å². The number of para-hydroxylation sites is 2. The molecule has 2 unspecified atom stereocenters. The summed E-state index contributed by atoms with van der Waals surface area (Å²) < 4.78 is 181. The molecule has 0 aliphatic rings. The first kappa shape index (κ1) is 61.4. The molecule has 0 radical (unpaired) electrons. The molecule has 38 heteroatoms. The van der Waals surface area contributed by atoms with Gasteiger partial charge in [-0.2, -0.15) is 72.4 Å². The molecule has 4 heterocycles. The average Bonchev–Trinajstić information content (AvgIpc) is 3.34. The van der Waals surface area contributed by atoms with E-state index in [2.05, 4.69) is 71.8 Å². The van der Waals surface area contributed by atoms with Crippen LogP contribution in [-0.2, 0) is 40.5 Å². The van der Waals surface area contributed by atoms with Gasteiger partial charge in [-0.25, -0.2) is 0 Å². The SMILES string of the molecule is CC(CNc1ccc2[nH]c3c(Cl)c4oc5c(S(=O)(=O)O)c(NCC(C)Nc6nc(F)nc(Nc7ccccc7S(=O)(=O)O)n6)ccc5[nH]c4c(Cl)c3oc2c1S(=O)(=O)O)Nc1nc(F)nc(Nc2ccccc2S(=O)(=O)O)n1.[Li+].[Na+]. The summed E-state index contributed by atoms with van der Waals surface area (Å²) in [6, 6.07) is 14.0. The maximum atomic E-state index is 14.6. The topological polar surface area (TPSA) is 425 Å². The van der Waals surface area contributed by atoms with Crippen molar-refractivity contribution in [3.05, 3.63) is 95.0 Å². The van der Waals surface area contributed by atoms with Crippen LogP contribution in [0.1, 0.15) is 13.8 Å². The number of anilines is 8. The predicted octanol–water partition coefficient (Wildman–Crippen LogP) is 1.53. The number of rotatable bonds is 18. The van der Waals surface area contributed by atoms with Crippen molar-refractivity contribution in [2.75, 3.05) is 45.0 Å². The normalized spacial score (nSPS) is 12.8. The van der Waals surface area contributed by atoms with E-state index < -0.39 is 107 Å². The van der Waals surface area contributed by atoms with Gasteiger partial charge < -0.3 is 50.7 Å². The van der Waals surface area contributed by atoms with Crippen LogP contribution in [-0.4, -0.2) is 117 Å². The maximum absolute atomic E-state index is 14.6. The molecular formula is C42H36Cl2F2LiN14NaO14S4+2. The molecule has 9 rings (SSSR count). The standard InChI is InChI=1S/C42H36Cl2F2N14O14S4.Li.Na/c1-17(49-39-55-37(45)57-41(59-39)53-19-7-3-5-9-25(19)75(61,62)63)15-47-23-13-11-21-31(35(23)77(67,68)69)73-33-27(43)30-34(28(44)29(33)51-21)74-32-22(52-30)12-14-24(36(32)78(70,71)72)48-16-18(2)50-40-56-38(46)58-42(60-40)54-20-8-4-6-10-26(20)76(64,65)66;;/h3-14,17-18,47-48,51-52H,15-16H2,1-2H3,(H,61,62,63)(H,64,65,66)(H,67,68,69)(H,70,71,72)(H2,49,53,55,57,59)(H2,50,54,56,58,60);;/q;2*+1. The van der Waals surface area contributed by atoms with Crippen molar-refractivity contribution in [2.45, 2.75) is 45.5 Å². The summed E-state index contributed by atoms with van der Waals surface area (Å²) in [5.41, 5.74) is -2.63. The number of benzene rings is 5. The molecule has 0 amide bonds. The summed E-state index contributed by atoms with van der Waals surface area (Å²) >= 11 is 13.8. The van der Waals surface area contributed by atoms with Gasteiger partial charge in [0.25, 0.3) is 40.5 Å². The van der Waals surface area contributed by atoms with Crippen molar-refractivity contribution >= 4 is 155 Å². The zero-order valence-electron chi connectivity index (χ0n) is 41.2. The van der Waals surface area contributed by atoms with Gasteiger partial charge in [-0.05, 0) is 62.4 Å². The molecule has 0 spiro atoms. The fourth-order valence-corrected chi connectivity index (χ4v) is 11.1. The van der Waals surface area contributed by atoms with Crippen LogP contribution in [0.4, 0.5) is 55.3 Å². The summed E-state index contributed by atoms with van der Waals surface area (Å²) in [6.07, 6.45) is -2.56. The molecule has 0 bridgehead atoms. The number of nitrogens with one attached hydrogen (secondary N) is 8. The molecule has 0 saturated heterocycles. The Bertz CT molecular complexity index is 4170. The van der Waals surface area contributed by atoms with Crippen LogP contribution < -0.4 is 80.3 Å². The van der Waals surface area contributed by atoms with Crippen molar-refractivity contribution in [1.29, 1.82) is 0 Å². The van der Waals surface area contributed by atoms with E-state index in [1.165, 1.54) is 60.7 Å². The van der Waals surface area contributed by atoms with Crippen LogP contribution in [0.15, 0.2) is 101 Å².